The van der Waals surface area contributed by atoms with E-state index in [1.807, 2.05) is 29.1 Å². The molecule has 0 saturated carbocycles. The molecule has 1 heterocycles. The van der Waals surface area contributed by atoms with Crippen molar-refractivity contribution < 1.29 is 9.90 Å². The van der Waals surface area contributed by atoms with Gasteiger partial charge in [-0.3, -0.25) is 4.79 Å². The Hall–Kier alpha value is -2.10. The van der Waals surface area contributed by atoms with Gasteiger partial charge in [-0.2, -0.15) is 5.10 Å². The molecule has 1 aromatic heterocycles. The summed E-state index contributed by atoms with van der Waals surface area (Å²) < 4.78 is 1.88. The lowest BCUT2D eigenvalue weighted by Gasteiger charge is -2.16. The summed E-state index contributed by atoms with van der Waals surface area (Å²) in [5, 5.41) is 13.7. The van der Waals surface area contributed by atoms with Crippen molar-refractivity contribution in [3.63, 3.8) is 0 Å². The van der Waals surface area contributed by atoms with E-state index in [2.05, 4.69) is 18.1 Å². The van der Waals surface area contributed by atoms with E-state index in [-0.39, 0.29) is 5.92 Å². The molecule has 0 amide bonds. The number of aryl methyl sites for hydroxylation is 2. The van der Waals surface area contributed by atoms with E-state index < -0.39 is 5.97 Å². The molecule has 0 bridgehead atoms. The zero-order valence-electron chi connectivity index (χ0n) is 10.8. The lowest BCUT2D eigenvalue weighted by Crippen LogP contribution is -2.21. The zero-order valence-corrected chi connectivity index (χ0v) is 10.8. The van der Waals surface area contributed by atoms with Crippen LogP contribution < -0.4 is 0 Å². The zero-order chi connectivity index (χ0) is 13.4. The summed E-state index contributed by atoms with van der Waals surface area (Å²) in [4.78, 5) is 11.1. The highest BCUT2D eigenvalue weighted by Gasteiger charge is 2.26. The molecule has 19 heavy (non-hydrogen) atoms. The highest BCUT2D eigenvalue weighted by molar-refractivity contribution is 5.70. The Kier molecular flexibility index (Phi) is 2.85. The lowest BCUT2D eigenvalue weighted by atomic mass is 9.88. The Bertz CT molecular complexity index is 631. The number of benzene rings is 1. The summed E-state index contributed by atoms with van der Waals surface area (Å²) in [6, 6.07) is 8.07. The molecule has 0 aliphatic heterocycles. The third kappa shape index (κ3) is 2.14. The molecule has 4 heteroatoms. The Labute approximate surface area is 111 Å². The van der Waals surface area contributed by atoms with Gasteiger partial charge in [0.05, 0.1) is 17.3 Å². The predicted molar refractivity (Wildman–Crippen MR) is 71.5 cm³/mol. The van der Waals surface area contributed by atoms with Gasteiger partial charge in [0.15, 0.2) is 0 Å². The first-order valence-corrected chi connectivity index (χ1v) is 6.51. The minimum absolute atomic E-state index is 0.262. The lowest BCUT2D eigenvalue weighted by molar-refractivity contribution is -0.142. The van der Waals surface area contributed by atoms with Crippen LogP contribution in [0, 0.1) is 12.8 Å². The quantitative estimate of drug-likeness (QED) is 0.897. The monoisotopic (exact) mass is 256 g/mol. The molecule has 0 saturated heterocycles. The molecule has 4 nitrogen and oxygen atoms in total. The maximum Gasteiger partial charge on any atom is 0.306 e. The number of nitrogens with zero attached hydrogens (tertiary/aromatic N) is 2. The fraction of sp³-hybridized carbons (Fsp3) is 0.333. The molecule has 1 atom stereocenters. The third-order valence-corrected chi connectivity index (χ3v) is 3.78. The number of carboxylic acids is 1. The summed E-state index contributed by atoms with van der Waals surface area (Å²) in [5.41, 5.74) is 4.34. The Morgan fingerprint density at radius 3 is 2.95 bits per heavy atom. The van der Waals surface area contributed by atoms with Gasteiger partial charge in [0, 0.05) is 6.20 Å². The highest BCUT2D eigenvalue weighted by Crippen LogP contribution is 2.26. The van der Waals surface area contributed by atoms with Gasteiger partial charge in [0.25, 0.3) is 0 Å². The van der Waals surface area contributed by atoms with Crippen LogP contribution in [0.3, 0.4) is 0 Å². The Morgan fingerprint density at radius 1 is 1.42 bits per heavy atom. The molecule has 98 valence electrons. The van der Waals surface area contributed by atoms with Crippen molar-refractivity contribution in [2.24, 2.45) is 5.92 Å². The number of carbonyl (C=O) groups is 1. The van der Waals surface area contributed by atoms with Crippen molar-refractivity contribution in [3.8, 4) is 5.69 Å². The molecule has 0 unspecified atom stereocenters. The summed E-state index contributed by atoms with van der Waals surface area (Å²) in [6.45, 7) is 2.05. The average Bonchev–Trinajstić information content (AvgIpc) is 2.81. The largest absolute Gasteiger partial charge is 0.481 e. The van der Waals surface area contributed by atoms with Crippen molar-refractivity contribution in [2.45, 2.75) is 26.2 Å². The van der Waals surface area contributed by atoms with Gasteiger partial charge in [-0.1, -0.05) is 18.2 Å². The van der Waals surface area contributed by atoms with Gasteiger partial charge in [0.1, 0.15) is 0 Å². The molecule has 0 fully saturated rings. The predicted octanol–water partition coefficient (Wildman–Crippen LogP) is 2.37. The van der Waals surface area contributed by atoms with E-state index in [0.717, 1.165) is 28.9 Å². The van der Waals surface area contributed by atoms with Crippen LogP contribution in [0.15, 0.2) is 30.5 Å². The number of aromatic nitrogens is 2. The van der Waals surface area contributed by atoms with Crippen LogP contribution in [0.5, 0.6) is 0 Å². The van der Waals surface area contributed by atoms with Crippen LogP contribution >= 0.6 is 0 Å². The number of rotatable bonds is 2. The minimum Gasteiger partial charge on any atom is -0.481 e. The van der Waals surface area contributed by atoms with Gasteiger partial charge in [-0.25, -0.2) is 4.68 Å². The van der Waals surface area contributed by atoms with E-state index >= 15 is 0 Å². The van der Waals surface area contributed by atoms with E-state index in [9.17, 15) is 4.79 Å². The Balaban J connectivity index is 1.96. The molecular weight excluding hydrogens is 240 g/mol. The van der Waals surface area contributed by atoms with E-state index in [0.29, 0.717) is 12.8 Å². The Morgan fingerprint density at radius 2 is 2.21 bits per heavy atom. The van der Waals surface area contributed by atoms with Crippen molar-refractivity contribution in [1.82, 2.24) is 9.78 Å². The van der Waals surface area contributed by atoms with Crippen LogP contribution in [-0.4, -0.2) is 20.9 Å². The van der Waals surface area contributed by atoms with E-state index in [1.54, 1.807) is 0 Å². The standard InChI is InChI=1S/C15H16N2O2/c1-10-4-2-3-5-14(10)17-9-12-8-11(15(18)19)6-7-13(12)16-17/h2-5,9,11H,6-8H2,1H3,(H,18,19)/t11-/m0/s1. The van der Waals surface area contributed by atoms with Gasteiger partial charge in [0.2, 0.25) is 0 Å². The summed E-state index contributed by atoms with van der Waals surface area (Å²) >= 11 is 0. The first kappa shape index (κ1) is 12.0. The second-order valence-electron chi connectivity index (χ2n) is 5.11. The van der Waals surface area contributed by atoms with Gasteiger partial charge >= 0.3 is 5.97 Å². The molecular formula is C15H16N2O2. The highest BCUT2D eigenvalue weighted by atomic mass is 16.4. The number of carboxylic acid groups (broad SMARTS) is 1. The van der Waals surface area contributed by atoms with Crippen LogP contribution in [0.2, 0.25) is 0 Å². The molecule has 0 spiro atoms. The third-order valence-electron chi connectivity index (χ3n) is 3.78. The number of aliphatic carboxylic acids is 1. The smallest absolute Gasteiger partial charge is 0.306 e. The summed E-state index contributed by atoms with van der Waals surface area (Å²) in [5.74, 6) is -0.962. The van der Waals surface area contributed by atoms with Gasteiger partial charge < -0.3 is 5.11 Å². The topological polar surface area (TPSA) is 55.1 Å². The van der Waals surface area contributed by atoms with Gasteiger partial charge in [-0.05, 0) is 43.4 Å². The molecule has 1 aliphatic rings. The molecule has 1 aromatic carbocycles. The minimum atomic E-state index is -0.700. The van der Waals surface area contributed by atoms with Crippen molar-refractivity contribution in [1.29, 1.82) is 0 Å². The second kappa shape index (κ2) is 4.53. The fourth-order valence-electron chi connectivity index (χ4n) is 2.66. The van der Waals surface area contributed by atoms with Crippen molar-refractivity contribution in [3.05, 3.63) is 47.3 Å². The maximum absolute atomic E-state index is 11.1. The first-order chi connectivity index (χ1) is 9.15. The average molecular weight is 256 g/mol. The van der Waals surface area contributed by atoms with Crippen molar-refractivity contribution >= 4 is 5.97 Å². The molecule has 1 aliphatic carbocycles. The number of para-hydroxylation sites is 1. The fourth-order valence-corrected chi connectivity index (χ4v) is 2.66. The SMILES string of the molecule is Cc1ccccc1-n1cc2c(n1)CC[C@H](C(=O)O)C2. The van der Waals surface area contributed by atoms with Crippen LogP contribution in [0.25, 0.3) is 5.69 Å². The van der Waals surface area contributed by atoms with Crippen LogP contribution in [0.4, 0.5) is 0 Å². The first-order valence-electron chi connectivity index (χ1n) is 6.51. The number of hydrogen-bond donors (Lipinski definition) is 1. The number of fused-ring (bicyclic) bond motifs is 1. The van der Waals surface area contributed by atoms with Crippen LogP contribution in [-0.2, 0) is 17.6 Å². The van der Waals surface area contributed by atoms with Crippen molar-refractivity contribution in [2.75, 3.05) is 0 Å². The second-order valence-corrected chi connectivity index (χ2v) is 5.11. The number of hydrogen-bond acceptors (Lipinski definition) is 2. The normalized spacial score (nSPS) is 18.1. The summed E-state index contributed by atoms with van der Waals surface area (Å²) in [7, 11) is 0. The molecule has 3 rings (SSSR count). The van der Waals surface area contributed by atoms with Gasteiger partial charge in [-0.15, -0.1) is 0 Å². The molecule has 2 aromatic rings. The molecule has 1 N–H and O–H groups in total. The maximum atomic E-state index is 11.1. The van der Waals surface area contributed by atoms with E-state index in [4.69, 9.17) is 5.11 Å². The summed E-state index contributed by atoms with van der Waals surface area (Å²) in [6.07, 6.45) is 4.02. The molecule has 0 radical (unpaired) electrons. The van der Waals surface area contributed by atoms with Crippen LogP contribution in [0.1, 0.15) is 23.2 Å². The van der Waals surface area contributed by atoms with E-state index in [1.165, 1.54) is 0 Å².